The molecule has 0 bridgehead atoms. The van der Waals surface area contributed by atoms with E-state index in [1.807, 2.05) is 42.5 Å². The molecule has 0 atom stereocenters. The molecule has 0 saturated heterocycles. The van der Waals surface area contributed by atoms with Crippen molar-refractivity contribution in [3.8, 4) is 0 Å². The molecule has 0 N–H and O–H groups in total. The summed E-state index contributed by atoms with van der Waals surface area (Å²) in [4.78, 5) is 13.0. The van der Waals surface area contributed by atoms with E-state index in [9.17, 15) is 4.79 Å². The Morgan fingerprint density at radius 1 is 1.04 bits per heavy atom. The number of halogens is 1. The normalized spacial score (nSPS) is 14.3. The highest BCUT2D eigenvalue weighted by Gasteiger charge is 2.22. The molecule has 0 aliphatic heterocycles. The van der Waals surface area contributed by atoms with Gasteiger partial charge < -0.3 is 0 Å². The van der Waals surface area contributed by atoms with E-state index >= 15 is 0 Å². The fourth-order valence-corrected chi connectivity index (χ4v) is 3.14. The first-order valence-corrected chi connectivity index (χ1v) is 8.55. The Labute approximate surface area is 148 Å². The second kappa shape index (κ2) is 6.41. The Balaban J connectivity index is 2.04. The molecule has 1 aliphatic carbocycles. The summed E-state index contributed by atoms with van der Waals surface area (Å²) in [6, 6.07) is 15.0. The first-order chi connectivity index (χ1) is 11.4. The fourth-order valence-electron chi connectivity index (χ4n) is 2.97. The molecule has 2 aromatic rings. The summed E-state index contributed by atoms with van der Waals surface area (Å²) in [7, 11) is 0. The summed E-state index contributed by atoms with van der Waals surface area (Å²) < 4.78 is 0. The van der Waals surface area contributed by atoms with Crippen LogP contribution in [0.15, 0.2) is 66.3 Å². The van der Waals surface area contributed by atoms with Gasteiger partial charge in [-0.2, -0.15) is 0 Å². The number of allylic oxidation sites excluding steroid dienone is 4. The largest absolute Gasteiger partial charge is 0.289 e. The minimum atomic E-state index is 0.0122. The molecular formula is C22H21ClO. The third-order valence-electron chi connectivity index (χ3n) is 4.35. The van der Waals surface area contributed by atoms with Gasteiger partial charge in [0.15, 0.2) is 5.78 Å². The smallest absolute Gasteiger partial charge is 0.193 e. The average Bonchev–Trinajstić information content (AvgIpc) is 3.05. The van der Waals surface area contributed by atoms with Gasteiger partial charge in [0.25, 0.3) is 0 Å². The van der Waals surface area contributed by atoms with E-state index in [-0.39, 0.29) is 11.2 Å². The van der Waals surface area contributed by atoms with E-state index in [4.69, 9.17) is 11.6 Å². The van der Waals surface area contributed by atoms with E-state index < -0.39 is 0 Å². The van der Waals surface area contributed by atoms with E-state index in [0.29, 0.717) is 16.1 Å². The zero-order valence-corrected chi connectivity index (χ0v) is 15.0. The number of hydrogen-bond donors (Lipinski definition) is 0. The van der Waals surface area contributed by atoms with Crippen molar-refractivity contribution >= 4 is 23.0 Å². The molecule has 1 aliphatic rings. The van der Waals surface area contributed by atoms with Gasteiger partial charge in [0.2, 0.25) is 0 Å². The maximum absolute atomic E-state index is 13.0. The Morgan fingerprint density at radius 3 is 2.38 bits per heavy atom. The summed E-state index contributed by atoms with van der Waals surface area (Å²) in [6.07, 6.45) is 5.31. The van der Waals surface area contributed by atoms with Crippen LogP contribution in [-0.4, -0.2) is 5.78 Å². The average molecular weight is 337 g/mol. The van der Waals surface area contributed by atoms with Gasteiger partial charge in [0.1, 0.15) is 0 Å². The second-order valence-corrected chi connectivity index (χ2v) is 7.60. The number of carbonyl (C=O) groups excluding carboxylic acids is 1. The summed E-state index contributed by atoms with van der Waals surface area (Å²) >= 11 is 6.17. The molecule has 2 aromatic carbocycles. The number of benzene rings is 2. The Morgan fingerprint density at radius 2 is 1.75 bits per heavy atom. The van der Waals surface area contributed by atoms with Crippen LogP contribution in [0.1, 0.15) is 48.7 Å². The molecule has 0 unspecified atom stereocenters. The van der Waals surface area contributed by atoms with Crippen LogP contribution >= 0.6 is 11.6 Å². The molecule has 3 rings (SSSR count). The van der Waals surface area contributed by atoms with Crippen LogP contribution in [0, 0.1) is 5.41 Å². The van der Waals surface area contributed by atoms with Crippen molar-refractivity contribution < 1.29 is 4.79 Å². The van der Waals surface area contributed by atoms with Crippen LogP contribution in [0.25, 0.3) is 5.57 Å². The Bertz CT molecular complexity index is 836. The van der Waals surface area contributed by atoms with Gasteiger partial charge in [-0.3, -0.25) is 4.79 Å². The summed E-state index contributed by atoms with van der Waals surface area (Å²) in [6.45, 7) is 6.61. The second-order valence-electron chi connectivity index (χ2n) is 7.17. The lowest BCUT2D eigenvalue weighted by atomic mass is 9.87. The van der Waals surface area contributed by atoms with Gasteiger partial charge >= 0.3 is 0 Å². The van der Waals surface area contributed by atoms with E-state index in [2.05, 4.69) is 32.9 Å². The number of ketones is 1. The molecule has 0 amide bonds. The molecule has 0 fully saturated rings. The highest BCUT2D eigenvalue weighted by Crippen LogP contribution is 2.38. The standard InChI is InChI=1S/C22H21ClO/c1-22(2,3)17-10-9-16(13-17)19-12-11-18(23)14-20(19)21(24)15-7-5-4-6-8-15/h4-8,10-14H,9H2,1-3H3. The summed E-state index contributed by atoms with van der Waals surface area (Å²) in [5.41, 5.74) is 4.93. The third kappa shape index (κ3) is 3.37. The van der Waals surface area contributed by atoms with Crippen LogP contribution in [0.3, 0.4) is 0 Å². The molecule has 0 radical (unpaired) electrons. The first kappa shape index (κ1) is 16.7. The number of rotatable bonds is 3. The zero-order valence-electron chi connectivity index (χ0n) is 14.3. The van der Waals surface area contributed by atoms with E-state index in [1.165, 1.54) is 11.1 Å². The zero-order chi connectivity index (χ0) is 17.3. The molecule has 122 valence electrons. The van der Waals surface area contributed by atoms with Gasteiger partial charge in [0.05, 0.1) is 0 Å². The van der Waals surface area contributed by atoms with E-state index in [0.717, 1.165) is 12.0 Å². The van der Waals surface area contributed by atoms with Crippen LogP contribution in [0.5, 0.6) is 0 Å². The van der Waals surface area contributed by atoms with Crippen LogP contribution in [-0.2, 0) is 0 Å². The van der Waals surface area contributed by atoms with Gasteiger partial charge in [0, 0.05) is 16.1 Å². The first-order valence-electron chi connectivity index (χ1n) is 8.17. The van der Waals surface area contributed by atoms with Crippen LogP contribution in [0.2, 0.25) is 5.02 Å². The predicted octanol–water partition coefficient (Wildman–Crippen LogP) is 6.33. The number of carbonyl (C=O) groups is 1. The minimum Gasteiger partial charge on any atom is -0.289 e. The summed E-state index contributed by atoms with van der Waals surface area (Å²) in [5, 5.41) is 0.584. The lowest BCUT2D eigenvalue weighted by Crippen LogP contribution is -2.06. The molecule has 0 aromatic heterocycles. The van der Waals surface area contributed by atoms with Crippen molar-refractivity contribution in [3.05, 3.63) is 88.0 Å². The molecule has 24 heavy (non-hydrogen) atoms. The fraction of sp³-hybridized carbons (Fsp3) is 0.227. The van der Waals surface area contributed by atoms with Gasteiger partial charge in [-0.25, -0.2) is 0 Å². The van der Waals surface area contributed by atoms with Crippen molar-refractivity contribution in [2.75, 3.05) is 0 Å². The number of hydrogen-bond acceptors (Lipinski definition) is 1. The molecule has 0 saturated carbocycles. The van der Waals surface area contributed by atoms with E-state index in [1.54, 1.807) is 6.07 Å². The van der Waals surface area contributed by atoms with Gasteiger partial charge in [-0.1, -0.05) is 80.9 Å². The SMILES string of the molecule is CC(C)(C)C1=CCC(c2ccc(Cl)cc2C(=O)c2ccccc2)=C1. The lowest BCUT2D eigenvalue weighted by Gasteiger charge is -2.18. The molecular weight excluding hydrogens is 316 g/mol. The van der Waals surface area contributed by atoms with Crippen molar-refractivity contribution in [1.29, 1.82) is 0 Å². The van der Waals surface area contributed by atoms with Crippen molar-refractivity contribution in [3.63, 3.8) is 0 Å². The third-order valence-corrected chi connectivity index (χ3v) is 4.58. The molecule has 0 spiro atoms. The van der Waals surface area contributed by atoms with Gasteiger partial charge in [-0.15, -0.1) is 0 Å². The Hall–Kier alpha value is -2.12. The van der Waals surface area contributed by atoms with Crippen molar-refractivity contribution in [2.45, 2.75) is 27.2 Å². The maximum Gasteiger partial charge on any atom is 0.193 e. The Kier molecular flexibility index (Phi) is 4.47. The quantitative estimate of drug-likeness (QED) is 0.598. The minimum absolute atomic E-state index is 0.0122. The molecule has 1 nitrogen and oxygen atoms in total. The highest BCUT2D eigenvalue weighted by atomic mass is 35.5. The topological polar surface area (TPSA) is 17.1 Å². The maximum atomic E-state index is 13.0. The monoisotopic (exact) mass is 336 g/mol. The van der Waals surface area contributed by atoms with Crippen molar-refractivity contribution in [2.24, 2.45) is 5.41 Å². The lowest BCUT2D eigenvalue weighted by molar-refractivity contribution is 0.103. The molecule has 0 heterocycles. The van der Waals surface area contributed by atoms with Crippen LogP contribution < -0.4 is 0 Å². The van der Waals surface area contributed by atoms with Crippen molar-refractivity contribution in [1.82, 2.24) is 0 Å². The highest BCUT2D eigenvalue weighted by molar-refractivity contribution is 6.31. The summed E-state index contributed by atoms with van der Waals surface area (Å²) in [5.74, 6) is 0.0122. The van der Waals surface area contributed by atoms with Crippen LogP contribution in [0.4, 0.5) is 0 Å². The van der Waals surface area contributed by atoms with Gasteiger partial charge in [-0.05, 0) is 40.7 Å². The molecule has 2 heteroatoms. The predicted molar refractivity (Wildman–Crippen MR) is 101 cm³/mol.